The van der Waals surface area contributed by atoms with E-state index < -0.39 is 5.91 Å². The highest BCUT2D eigenvalue weighted by Gasteiger charge is 2.11. The lowest BCUT2D eigenvalue weighted by Gasteiger charge is -2.08. The third kappa shape index (κ3) is 5.21. The monoisotopic (exact) mass is 412 g/mol. The van der Waals surface area contributed by atoms with E-state index in [2.05, 4.69) is 21.2 Å². The maximum atomic E-state index is 12.4. The average Bonchev–Trinajstić information content (AvgIpc) is 2.62. The SMILES string of the molecule is CCCOc1ccc(/C=C(\C#N)C(=O)Nc2ccc(C)c(C)c2)cc1Br. The highest BCUT2D eigenvalue weighted by atomic mass is 79.9. The predicted octanol–water partition coefficient (Wildman–Crippen LogP) is 5.40. The molecular weight excluding hydrogens is 392 g/mol. The first-order valence-electron chi connectivity index (χ1n) is 8.37. The summed E-state index contributed by atoms with van der Waals surface area (Å²) in [5.41, 5.74) is 3.68. The Balaban J connectivity index is 2.18. The summed E-state index contributed by atoms with van der Waals surface area (Å²) in [4.78, 5) is 12.4. The number of nitriles is 1. The van der Waals surface area contributed by atoms with Gasteiger partial charge in [-0.1, -0.05) is 19.1 Å². The summed E-state index contributed by atoms with van der Waals surface area (Å²) in [6, 6.07) is 13.1. The van der Waals surface area contributed by atoms with Crippen LogP contribution >= 0.6 is 15.9 Å². The molecule has 4 nitrogen and oxygen atoms in total. The Morgan fingerprint density at radius 2 is 2.00 bits per heavy atom. The van der Waals surface area contributed by atoms with Crippen molar-refractivity contribution >= 4 is 33.6 Å². The van der Waals surface area contributed by atoms with Crippen LogP contribution in [0.5, 0.6) is 5.75 Å². The van der Waals surface area contributed by atoms with E-state index in [1.165, 1.54) is 0 Å². The summed E-state index contributed by atoms with van der Waals surface area (Å²) < 4.78 is 6.39. The summed E-state index contributed by atoms with van der Waals surface area (Å²) >= 11 is 3.46. The first-order chi connectivity index (χ1) is 12.4. The smallest absolute Gasteiger partial charge is 0.266 e. The Kier molecular flexibility index (Phi) is 6.99. The van der Waals surface area contributed by atoms with Gasteiger partial charge in [-0.3, -0.25) is 4.79 Å². The second-order valence-corrected chi connectivity index (χ2v) is 6.82. The van der Waals surface area contributed by atoms with Crippen LogP contribution in [0.1, 0.15) is 30.0 Å². The van der Waals surface area contributed by atoms with Gasteiger partial charge in [0.2, 0.25) is 0 Å². The molecule has 1 amide bonds. The Morgan fingerprint density at radius 3 is 2.62 bits per heavy atom. The van der Waals surface area contributed by atoms with Crippen molar-refractivity contribution in [1.29, 1.82) is 5.26 Å². The lowest BCUT2D eigenvalue weighted by Crippen LogP contribution is -2.13. The van der Waals surface area contributed by atoms with Crippen molar-refractivity contribution in [1.82, 2.24) is 0 Å². The average molecular weight is 413 g/mol. The Morgan fingerprint density at radius 1 is 1.23 bits per heavy atom. The number of ether oxygens (including phenoxy) is 1. The lowest BCUT2D eigenvalue weighted by atomic mass is 10.1. The standard InChI is InChI=1S/C21H21BrN2O2/c1-4-9-26-20-8-6-16(12-19(20)22)11-17(13-23)21(25)24-18-7-5-14(2)15(3)10-18/h5-8,10-12H,4,9H2,1-3H3,(H,24,25)/b17-11+. The van der Waals surface area contributed by atoms with Gasteiger partial charge < -0.3 is 10.1 Å². The molecule has 1 N–H and O–H groups in total. The number of halogens is 1. The van der Waals surface area contributed by atoms with Crippen LogP contribution in [0.4, 0.5) is 5.69 Å². The summed E-state index contributed by atoms with van der Waals surface area (Å²) in [7, 11) is 0. The quantitative estimate of drug-likeness (QED) is 0.510. The van der Waals surface area contributed by atoms with Gasteiger partial charge in [0.25, 0.3) is 5.91 Å². The number of carbonyl (C=O) groups excluding carboxylic acids is 1. The number of aryl methyl sites for hydroxylation is 2. The molecule has 5 heteroatoms. The summed E-state index contributed by atoms with van der Waals surface area (Å²) in [5, 5.41) is 12.1. The molecule has 26 heavy (non-hydrogen) atoms. The molecule has 0 unspecified atom stereocenters. The van der Waals surface area contributed by atoms with Gasteiger partial charge in [-0.25, -0.2) is 0 Å². The molecule has 0 aliphatic carbocycles. The van der Waals surface area contributed by atoms with Crippen molar-refractivity contribution in [3.05, 3.63) is 63.1 Å². The van der Waals surface area contributed by atoms with Gasteiger partial charge in [0.1, 0.15) is 17.4 Å². The third-order valence-electron chi connectivity index (χ3n) is 3.86. The number of rotatable bonds is 6. The van der Waals surface area contributed by atoms with E-state index in [0.717, 1.165) is 33.3 Å². The fourth-order valence-corrected chi connectivity index (χ4v) is 2.78. The zero-order valence-electron chi connectivity index (χ0n) is 15.1. The Bertz CT molecular complexity index is 882. The van der Waals surface area contributed by atoms with E-state index in [0.29, 0.717) is 12.3 Å². The van der Waals surface area contributed by atoms with Crippen LogP contribution in [-0.2, 0) is 4.79 Å². The van der Waals surface area contributed by atoms with E-state index in [4.69, 9.17) is 4.74 Å². The highest BCUT2D eigenvalue weighted by Crippen LogP contribution is 2.27. The molecule has 0 aromatic heterocycles. The van der Waals surface area contributed by atoms with Gasteiger partial charge in [0.15, 0.2) is 0 Å². The van der Waals surface area contributed by atoms with Crippen LogP contribution in [-0.4, -0.2) is 12.5 Å². The number of nitrogens with zero attached hydrogens (tertiary/aromatic N) is 1. The molecule has 0 fully saturated rings. The molecule has 0 atom stereocenters. The van der Waals surface area contributed by atoms with Crippen molar-refractivity contribution in [3.8, 4) is 11.8 Å². The minimum atomic E-state index is -0.432. The third-order valence-corrected chi connectivity index (χ3v) is 4.48. The van der Waals surface area contributed by atoms with Gasteiger partial charge in [-0.2, -0.15) is 5.26 Å². The van der Waals surface area contributed by atoms with Gasteiger partial charge in [-0.05, 0) is 83.2 Å². The number of amides is 1. The Labute approximate surface area is 162 Å². The zero-order valence-corrected chi connectivity index (χ0v) is 16.7. The van der Waals surface area contributed by atoms with Crippen molar-refractivity contribution in [3.63, 3.8) is 0 Å². The van der Waals surface area contributed by atoms with Gasteiger partial charge in [0, 0.05) is 5.69 Å². The normalized spacial score (nSPS) is 11.0. The molecule has 0 aliphatic rings. The molecule has 0 radical (unpaired) electrons. The molecule has 2 aromatic carbocycles. The first kappa shape index (κ1) is 19.7. The van der Waals surface area contributed by atoms with E-state index >= 15 is 0 Å². The maximum Gasteiger partial charge on any atom is 0.266 e. The molecule has 0 heterocycles. The van der Waals surface area contributed by atoms with Gasteiger partial charge in [-0.15, -0.1) is 0 Å². The van der Waals surface area contributed by atoms with Crippen LogP contribution in [0.15, 0.2) is 46.4 Å². The topological polar surface area (TPSA) is 62.1 Å². The van der Waals surface area contributed by atoms with Crippen molar-refractivity contribution in [2.45, 2.75) is 27.2 Å². The minimum absolute atomic E-state index is 0.0392. The Hall–Kier alpha value is -2.58. The van der Waals surface area contributed by atoms with Crippen LogP contribution in [0, 0.1) is 25.2 Å². The summed E-state index contributed by atoms with van der Waals surface area (Å²) in [6.07, 6.45) is 2.48. The lowest BCUT2D eigenvalue weighted by molar-refractivity contribution is -0.112. The van der Waals surface area contributed by atoms with Crippen molar-refractivity contribution < 1.29 is 9.53 Å². The number of hydrogen-bond donors (Lipinski definition) is 1. The first-order valence-corrected chi connectivity index (χ1v) is 9.16. The molecule has 0 saturated heterocycles. The molecular formula is C21H21BrN2O2. The number of carbonyl (C=O) groups is 1. The summed E-state index contributed by atoms with van der Waals surface area (Å²) in [5.74, 6) is 0.306. The fourth-order valence-electron chi connectivity index (χ4n) is 2.27. The van der Waals surface area contributed by atoms with Crippen molar-refractivity contribution in [2.24, 2.45) is 0 Å². The van der Waals surface area contributed by atoms with Crippen molar-refractivity contribution in [2.75, 3.05) is 11.9 Å². The molecule has 2 rings (SSSR count). The molecule has 0 spiro atoms. The predicted molar refractivity (Wildman–Crippen MR) is 108 cm³/mol. The zero-order chi connectivity index (χ0) is 19.1. The fraction of sp³-hybridized carbons (Fsp3) is 0.238. The van der Waals surface area contributed by atoms with E-state index in [1.54, 1.807) is 6.08 Å². The second kappa shape index (κ2) is 9.21. The minimum Gasteiger partial charge on any atom is -0.492 e. The number of hydrogen-bond acceptors (Lipinski definition) is 3. The number of anilines is 1. The molecule has 0 saturated carbocycles. The van der Waals surface area contributed by atoms with Crippen LogP contribution in [0.2, 0.25) is 0 Å². The number of benzene rings is 2. The van der Waals surface area contributed by atoms with E-state index in [9.17, 15) is 10.1 Å². The van der Waals surface area contributed by atoms with Crippen LogP contribution < -0.4 is 10.1 Å². The summed E-state index contributed by atoms with van der Waals surface area (Å²) in [6.45, 7) is 6.66. The molecule has 2 aromatic rings. The molecule has 0 aliphatic heterocycles. The van der Waals surface area contributed by atoms with E-state index in [-0.39, 0.29) is 5.57 Å². The van der Waals surface area contributed by atoms with Crippen LogP contribution in [0.3, 0.4) is 0 Å². The second-order valence-electron chi connectivity index (χ2n) is 5.96. The van der Waals surface area contributed by atoms with E-state index in [1.807, 2.05) is 63.2 Å². The maximum absolute atomic E-state index is 12.4. The van der Waals surface area contributed by atoms with Gasteiger partial charge >= 0.3 is 0 Å². The van der Waals surface area contributed by atoms with Crippen LogP contribution in [0.25, 0.3) is 6.08 Å². The number of nitrogens with one attached hydrogen (secondary N) is 1. The largest absolute Gasteiger partial charge is 0.492 e. The van der Waals surface area contributed by atoms with Gasteiger partial charge in [0.05, 0.1) is 11.1 Å². The molecule has 0 bridgehead atoms. The highest BCUT2D eigenvalue weighted by molar-refractivity contribution is 9.10. The molecule has 134 valence electrons.